The normalized spacial score (nSPS) is 32.5. The van der Waals surface area contributed by atoms with E-state index < -0.39 is 5.60 Å². The number of likely N-dealkylation sites (tertiary alicyclic amines) is 1. The van der Waals surface area contributed by atoms with E-state index in [1.807, 2.05) is 0 Å². The summed E-state index contributed by atoms with van der Waals surface area (Å²) in [5, 5.41) is 13.2. The average Bonchev–Trinajstić information content (AvgIpc) is 2.34. The lowest BCUT2D eigenvalue weighted by Crippen LogP contribution is -2.56. The number of rotatable bonds is 1. The number of carbonyl (C=O) groups is 1. The Hall–Kier alpha value is -1.21. The third-order valence-corrected chi connectivity index (χ3v) is 4.06. The van der Waals surface area contributed by atoms with E-state index in [9.17, 15) is 9.90 Å². The highest BCUT2D eigenvalue weighted by atomic mass is 16.3. The Morgan fingerprint density at radius 1 is 1.53 bits per heavy atom. The molecule has 0 aromatic rings. The summed E-state index contributed by atoms with van der Waals surface area (Å²) in [5.74, 6) is 2.63. The Bertz CT molecular complexity index is 337. The van der Waals surface area contributed by atoms with Crippen LogP contribution in [0.25, 0.3) is 0 Å². The molecule has 2 fully saturated rings. The smallest absolute Gasteiger partial charge is 0.318 e. The second-order valence-corrected chi connectivity index (χ2v) is 5.11. The maximum absolute atomic E-state index is 11.8. The number of hydrogen-bond acceptors (Lipinski definition) is 2. The van der Waals surface area contributed by atoms with Gasteiger partial charge in [0.2, 0.25) is 0 Å². The van der Waals surface area contributed by atoms with Gasteiger partial charge in [0.05, 0.1) is 12.1 Å². The molecule has 2 unspecified atom stereocenters. The number of hydrogen-bond donors (Lipinski definition) is 2. The number of carbonyl (C=O) groups excluding carboxylic acids is 1. The Balaban J connectivity index is 1.93. The lowest BCUT2D eigenvalue weighted by molar-refractivity contribution is -0.0870. The molecule has 1 aliphatic carbocycles. The average molecular weight is 236 g/mol. The Kier molecular flexibility index (Phi) is 3.58. The minimum atomic E-state index is -0.527. The highest BCUT2D eigenvalue weighted by Crippen LogP contribution is 2.39. The number of nitrogens with zero attached hydrogens (tertiary/aromatic N) is 1. The highest BCUT2D eigenvalue weighted by Gasteiger charge is 2.43. The minimum absolute atomic E-state index is 0.101. The minimum Gasteiger partial charge on any atom is -0.389 e. The number of piperidine rings is 1. The van der Waals surface area contributed by atoms with Crippen molar-refractivity contribution in [1.29, 1.82) is 0 Å². The molecule has 2 aliphatic rings. The fourth-order valence-electron chi connectivity index (χ4n) is 2.99. The van der Waals surface area contributed by atoms with Crippen LogP contribution < -0.4 is 5.32 Å². The molecule has 2 N–H and O–H groups in total. The zero-order valence-corrected chi connectivity index (χ0v) is 10.1. The van der Waals surface area contributed by atoms with Gasteiger partial charge in [-0.25, -0.2) is 4.79 Å². The maximum atomic E-state index is 11.8. The topological polar surface area (TPSA) is 52.6 Å². The summed E-state index contributed by atoms with van der Waals surface area (Å²) >= 11 is 0. The summed E-state index contributed by atoms with van der Waals surface area (Å²) in [7, 11) is 0. The molecule has 1 saturated heterocycles. The van der Waals surface area contributed by atoms with E-state index in [1.165, 1.54) is 0 Å². The summed E-state index contributed by atoms with van der Waals surface area (Å²) in [6.45, 7) is 1.56. The summed E-state index contributed by atoms with van der Waals surface area (Å²) < 4.78 is 0. The van der Waals surface area contributed by atoms with Gasteiger partial charge in [-0.05, 0) is 19.3 Å². The van der Waals surface area contributed by atoms with Crippen LogP contribution in [0.1, 0.15) is 32.1 Å². The molecule has 4 nitrogen and oxygen atoms in total. The largest absolute Gasteiger partial charge is 0.389 e. The lowest BCUT2D eigenvalue weighted by Gasteiger charge is -2.47. The van der Waals surface area contributed by atoms with Crippen LogP contribution in [-0.4, -0.2) is 41.3 Å². The molecule has 0 aromatic heterocycles. The van der Waals surface area contributed by atoms with Crippen LogP contribution in [0.5, 0.6) is 0 Å². The van der Waals surface area contributed by atoms with Crippen molar-refractivity contribution in [2.75, 3.05) is 19.6 Å². The van der Waals surface area contributed by atoms with Crippen LogP contribution in [0, 0.1) is 18.3 Å². The first kappa shape index (κ1) is 12.3. The SMILES string of the molecule is C#CCNC(=O)N1CCC2(O)CCCCC2C1. The van der Waals surface area contributed by atoms with Crippen molar-refractivity contribution in [3.63, 3.8) is 0 Å². The van der Waals surface area contributed by atoms with Gasteiger partial charge in [0.25, 0.3) is 0 Å². The van der Waals surface area contributed by atoms with Crippen molar-refractivity contribution < 1.29 is 9.90 Å². The van der Waals surface area contributed by atoms with Gasteiger partial charge in [-0.3, -0.25) is 0 Å². The van der Waals surface area contributed by atoms with Crippen molar-refractivity contribution >= 4 is 6.03 Å². The quantitative estimate of drug-likeness (QED) is 0.666. The molecule has 94 valence electrons. The van der Waals surface area contributed by atoms with Crippen molar-refractivity contribution in [1.82, 2.24) is 10.2 Å². The van der Waals surface area contributed by atoms with Crippen LogP contribution in [0.3, 0.4) is 0 Å². The molecule has 1 aliphatic heterocycles. The second kappa shape index (κ2) is 4.97. The van der Waals surface area contributed by atoms with E-state index in [1.54, 1.807) is 4.90 Å². The molecule has 2 atom stereocenters. The van der Waals surface area contributed by atoms with Crippen molar-refractivity contribution in [3.8, 4) is 12.3 Å². The van der Waals surface area contributed by atoms with Gasteiger partial charge in [-0.2, -0.15) is 0 Å². The van der Waals surface area contributed by atoms with Gasteiger partial charge in [0.1, 0.15) is 0 Å². The first-order valence-electron chi connectivity index (χ1n) is 6.34. The molecular formula is C13H20N2O2. The zero-order valence-electron chi connectivity index (χ0n) is 10.1. The number of urea groups is 1. The molecule has 1 heterocycles. The maximum Gasteiger partial charge on any atom is 0.318 e. The van der Waals surface area contributed by atoms with Crippen LogP contribution >= 0.6 is 0 Å². The molecular weight excluding hydrogens is 216 g/mol. The number of terminal acetylenes is 1. The molecule has 17 heavy (non-hydrogen) atoms. The number of amides is 2. The molecule has 0 bridgehead atoms. The lowest BCUT2D eigenvalue weighted by atomic mass is 9.71. The van der Waals surface area contributed by atoms with Gasteiger partial charge in [-0.15, -0.1) is 6.42 Å². The third-order valence-electron chi connectivity index (χ3n) is 4.06. The first-order chi connectivity index (χ1) is 8.15. The Labute approximate surface area is 102 Å². The summed E-state index contributed by atoms with van der Waals surface area (Å²) in [6, 6.07) is -0.101. The molecule has 1 saturated carbocycles. The van der Waals surface area contributed by atoms with Crippen LogP contribution in [-0.2, 0) is 0 Å². The monoisotopic (exact) mass is 236 g/mol. The molecule has 0 spiro atoms. The predicted octanol–water partition coefficient (Wildman–Crippen LogP) is 0.956. The molecule has 2 amide bonds. The molecule has 0 aromatic carbocycles. The van der Waals surface area contributed by atoms with Gasteiger partial charge in [0, 0.05) is 19.0 Å². The van der Waals surface area contributed by atoms with Crippen LogP contribution in [0.2, 0.25) is 0 Å². The van der Waals surface area contributed by atoms with Crippen molar-refractivity contribution in [2.24, 2.45) is 5.92 Å². The van der Waals surface area contributed by atoms with E-state index in [-0.39, 0.29) is 18.5 Å². The second-order valence-electron chi connectivity index (χ2n) is 5.11. The van der Waals surface area contributed by atoms with Gasteiger partial charge in [-0.1, -0.05) is 18.8 Å². The predicted molar refractivity (Wildman–Crippen MR) is 65.3 cm³/mol. The van der Waals surface area contributed by atoms with Gasteiger partial charge in [0.15, 0.2) is 0 Å². The summed E-state index contributed by atoms with van der Waals surface area (Å²) in [5.41, 5.74) is -0.527. The van der Waals surface area contributed by atoms with E-state index >= 15 is 0 Å². The zero-order chi connectivity index (χ0) is 12.3. The number of nitrogens with one attached hydrogen (secondary N) is 1. The standard InChI is InChI=1S/C13H20N2O2/c1-2-8-14-12(16)15-9-7-13(17)6-4-3-5-11(13)10-15/h1,11,17H,3-10H2,(H,14,16). The van der Waals surface area contributed by atoms with E-state index in [2.05, 4.69) is 11.2 Å². The molecule has 2 rings (SSSR count). The fraction of sp³-hybridized carbons (Fsp3) is 0.769. The van der Waals surface area contributed by atoms with E-state index in [4.69, 9.17) is 6.42 Å². The summed E-state index contributed by atoms with van der Waals surface area (Å²) in [4.78, 5) is 13.6. The highest BCUT2D eigenvalue weighted by molar-refractivity contribution is 5.74. The summed E-state index contributed by atoms with van der Waals surface area (Å²) in [6.07, 6.45) is 9.98. The Morgan fingerprint density at radius 3 is 3.12 bits per heavy atom. The molecule has 4 heteroatoms. The van der Waals surface area contributed by atoms with Gasteiger partial charge >= 0.3 is 6.03 Å². The third kappa shape index (κ3) is 2.55. The van der Waals surface area contributed by atoms with Crippen molar-refractivity contribution in [2.45, 2.75) is 37.7 Å². The number of aliphatic hydroxyl groups is 1. The van der Waals surface area contributed by atoms with E-state index in [0.717, 1.165) is 25.7 Å². The molecule has 0 radical (unpaired) electrons. The van der Waals surface area contributed by atoms with Crippen molar-refractivity contribution in [3.05, 3.63) is 0 Å². The Morgan fingerprint density at radius 2 is 2.35 bits per heavy atom. The first-order valence-corrected chi connectivity index (χ1v) is 6.34. The van der Waals surface area contributed by atoms with Crippen LogP contribution in [0.4, 0.5) is 4.79 Å². The van der Waals surface area contributed by atoms with Gasteiger partial charge < -0.3 is 15.3 Å². The number of fused-ring (bicyclic) bond motifs is 1. The van der Waals surface area contributed by atoms with Crippen LogP contribution in [0.15, 0.2) is 0 Å². The fourth-order valence-corrected chi connectivity index (χ4v) is 2.99. The van der Waals surface area contributed by atoms with E-state index in [0.29, 0.717) is 19.5 Å².